The van der Waals surface area contributed by atoms with E-state index in [-0.39, 0.29) is 24.3 Å². The minimum Gasteiger partial charge on any atom is -0.464 e. The summed E-state index contributed by atoms with van der Waals surface area (Å²) in [6.45, 7) is 1.69. The quantitative estimate of drug-likeness (QED) is 0.657. The lowest BCUT2D eigenvalue weighted by atomic mass is 10.0. The van der Waals surface area contributed by atoms with E-state index in [1.165, 1.54) is 12.1 Å². The fourth-order valence-corrected chi connectivity index (χ4v) is 1.45. The van der Waals surface area contributed by atoms with Crippen molar-refractivity contribution in [3.63, 3.8) is 0 Å². The van der Waals surface area contributed by atoms with Gasteiger partial charge in [-0.2, -0.15) is 0 Å². The summed E-state index contributed by atoms with van der Waals surface area (Å²) in [6.07, 6.45) is -3.28. The van der Waals surface area contributed by atoms with Crippen molar-refractivity contribution in [1.29, 1.82) is 0 Å². The van der Waals surface area contributed by atoms with Crippen LogP contribution in [0.15, 0.2) is 18.2 Å². The number of carbonyl (C=O) groups is 1. The minimum atomic E-state index is -1.74. The molecular formula is C12H16FNO4. The van der Waals surface area contributed by atoms with E-state index < -0.39 is 24.0 Å². The molecule has 0 heterocycles. The van der Waals surface area contributed by atoms with E-state index in [1.54, 1.807) is 6.92 Å². The average Bonchev–Trinajstić information content (AvgIpc) is 2.37. The van der Waals surface area contributed by atoms with Gasteiger partial charge in [0.1, 0.15) is 11.9 Å². The Balaban J connectivity index is 2.86. The number of hydrogen-bond donors (Lipinski definition) is 3. The number of nitrogens with two attached hydrogens (primary N) is 1. The molecule has 6 heteroatoms. The highest BCUT2D eigenvalue weighted by molar-refractivity contribution is 5.75. The van der Waals surface area contributed by atoms with Crippen molar-refractivity contribution >= 4 is 5.97 Å². The Bertz CT molecular complexity index is 425. The monoisotopic (exact) mass is 257 g/mol. The second-order valence-corrected chi connectivity index (χ2v) is 3.70. The summed E-state index contributed by atoms with van der Waals surface area (Å²) < 4.78 is 18.0. The first-order valence-electron chi connectivity index (χ1n) is 5.52. The van der Waals surface area contributed by atoms with Crippen LogP contribution >= 0.6 is 0 Å². The van der Waals surface area contributed by atoms with Crippen molar-refractivity contribution in [2.24, 2.45) is 5.73 Å². The zero-order chi connectivity index (χ0) is 13.7. The van der Waals surface area contributed by atoms with Gasteiger partial charge in [-0.1, -0.05) is 12.1 Å². The Hall–Kier alpha value is -1.50. The summed E-state index contributed by atoms with van der Waals surface area (Å²) in [5, 5.41) is 19.2. The number of aliphatic hydroxyl groups is 2. The Kier molecular flexibility index (Phi) is 5.21. The van der Waals surface area contributed by atoms with E-state index in [4.69, 9.17) is 5.73 Å². The summed E-state index contributed by atoms with van der Waals surface area (Å²) in [7, 11) is 0. The molecule has 1 aromatic rings. The van der Waals surface area contributed by atoms with Crippen LogP contribution < -0.4 is 5.73 Å². The lowest BCUT2D eigenvalue weighted by Crippen LogP contribution is -2.30. The van der Waals surface area contributed by atoms with Crippen LogP contribution in [0, 0.1) is 5.82 Å². The number of halogens is 1. The number of ether oxygens (including phenoxy) is 1. The lowest BCUT2D eigenvalue weighted by molar-refractivity contribution is -0.159. The van der Waals surface area contributed by atoms with Gasteiger partial charge < -0.3 is 20.7 Å². The maximum Gasteiger partial charge on any atom is 0.338 e. The predicted molar refractivity (Wildman–Crippen MR) is 61.9 cm³/mol. The van der Waals surface area contributed by atoms with Gasteiger partial charge in [-0.3, -0.25) is 0 Å². The van der Waals surface area contributed by atoms with E-state index in [0.717, 1.165) is 6.07 Å². The van der Waals surface area contributed by atoms with E-state index in [1.807, 2.05) is 0 Å². The first-order valence-corrected chi connectivity index (χ1v) is 5.52. The van der Waals surface area contributed by atoms with Crippen LogP contribution in [0.2, 0.25) is 0 Å². The molecule has 0 aliphatic heterocycles. The van der Waals surface area contributed by atoms with E-state index in [2.05, 4.69) is 4.74 Å². The molecule has 0 amide bonds. The molecule has 2 atom stereocenters. The molecule has 1 rings (SSSR count). The third-order valence-corrected chi connectivity index (χ3v) is 2.47. The first-order chi connectivity index (χ1) is 8.51. The van der Waals surface area contributed by atoms with Crippen LogP contribution in [-0.4, -0.2) is 28.9 Å². The minimum absolute atomic E-state index is 0.0304. The molecule has 0 spiro atoms. The molecule has 100 valence electrons. The number of hydrogen-bond acceptors (Lipinski definition) is 5. The molecule has 0 aliphatic carbocycles. The first kappa shape index (κ1) is 14.6. The van der Waals surface area contributed by atoms with Crippen molar-refractivity contribution in [3.05, 3.63) is 35.1 Å². The number of aliphatic hydroxyl groups excluding tert-OH is 2. The molecule has 0 aliphatic rings. The van der Waals surface area contributed by atoms with Gasteiger partial charge >= 0.3 is 5.97 Å². The second-order valence-electron chi connectivity index (χ2n) is 3.70. The van der Waals surface area contributed by atoms with Gasteiger partial charge in [-0.05, 0) is 18.6 Å². The zero-order valence-corrected chi connectivity index (χ0v) is 9.97. The van der Waals surface area contributed by atoms with Crippen LogP contribution in [-0.2, 0) is 16.1 Å². The van der Waals surface area contributed by atoms with E-state index in [0.29, 0.717) is 0 Å². The molecule has 18 heavy (non-hydrogen) atoms. The van der Waals surface area contributed by atoms with Crippen LogP contribution in [0.3, 0.4) is 0 Å². The molecule has 1 aromatic carbocycles. The van der Waals surface area contributed by atoms with Gasteiger partial charge in [0.15, 0.2) is 6.10 Å². The molecule has 0 fully saturated rings. The fourth-order valence-electron chi connectivity index (χ4n) is 1.45. The van der Waals surface area contributed by atoms with Gasteiger partial charge in [0.25, 0.3) is 0 Å². The normalized spacial score (nSPS) is 14.1. The van der Waals surface area contributed by atoms with Gasteiger partial charge in [-0.25, -0.2) is 9.18 Å². The standard InChI is InChI=1S/C12H16FNO4/c1-2-18-12(17)11(16)10(15)7-3-4-8(6-14)9(13)5-7/h3-5,10-11,15-16H,2,6,14H2,1H3. The lowest BCUT2D eigenvalue weighted by Gasteiger charge is -2.17. The number of carbonyl (C=O) groups excluding carboxylic acids is 1. The highest BCUT2D eigenvalue weighted by Gasteiger charge is 2.27. The topological polar surface area (TPSA) is 92.8 Å². The molecule has 0 aromatic heterocycles. The van der Waals surface area contributed by atoms with Gasteiger partial charge in [-0.15, -0.1) is 0 Å². The van der Waals surface area contributed by atoms with E-state index in [9.17, 15) is 19.4 Å². The summed E-state index contributed by atoms with van der Waals surface area (Å²) in [5.41, 5.74) is 5.68. The fraction of sp³-hybridized carbons (Fsp3) is 0.417. The zero-order valence-electron chi connectivity index (χ0n) is 9.97. The van der Waals surface area contributed by atoms with Crippen LogP contribution in [0.1, 0.15) is 24.2 Å². The van der Waals surface area contributed by atoms with Crippen LogP contribution in [0.4, 0.5) is 4.39 Å². The maximum atomic E-state index is 13.4. The molecule has 0 bridgehead atoms. The Morgan fingerprint density at radius 1 is 1.50 bits per heavy atom. The summed E-state index contributed by atoms with van der Waals surface area (Å²) in [6, 6.07) is 3.83. The summed E-state index contributed by atoms with van der Waals surface area (Å²) in [5.74, 6) is -1.54. The van der Waals surface area contributed by atoms with Gasteiger partial charge in [0.05, 0.1) is 6.61 Å². The molecule has 4 N–H and O–H groups in total. The largest absolute Gasteiger partial charge is 0.464 e. The summed E-state index contributed by atoms with van der Waals surface area (Å²) in [4.78, 5) is 11.2. The molecular weight excluding hydrogens is 241 g/mol. The van der Waals surface area contributed by atoms with E-state index >= 15 is 0 Å². The van der Waals surface area contributed by atoms with Crippen molar-refractivity contribution in [3.8, 4) is 0 Å². The molecule has 0 radical (unpaired) electrons. The van der Waals surface area contributed by atoms with Gasteiger partial charge in [0.2, 0.25) is 0 Å². The van der Waals surface area contributed by atoms with Crippen molar-refractivity contribution in [2.75, 3.05) is 6.61 Å². The second kappa shape index (κ2) is 6.44. The number of rotatable bonds is 5. The number of esters is 1. The SMILES string of the molecule is CCOC(=O)C(O)C(O)c1ccc(CN)c(F)c1. The number of benzene rings is 1. The average molecular weight is 257 g/mol. The van der Waals surface area contributed by atoms with Crippen molar-refractivity contribution in [1.82, 2.24) is 0 Å². The molecule has 2 unspecified atom stereocenters. The van der Waals surface area contributed by atoms with Crippen molar-refractivity contribution in [2.45, 2.75) is 25.7 Å². The third-order valence-electron chi connectivity index (χ3n) is 2.47. The Labute approximate surface area is 104 Å². The summed E-state index contributed by atoms with van der Waals surface area (Å²) >= 11 is 0. The van der Waals surface area contributed by atoms with Crippen LogP contribution in [0.25, 0.3) is 0 Å². The smallest absolute Gasteiger partial charge is 0.338 e. The maximum absolute atomic E-state index is 13.4. The molecule has 0 saturated carbocycles. The van der Waals surface area contributed by atoms with Gasteiger partial charge in [0, 0.05) is 12.1 Å². The highest BCUT2D eigenvalue weighted by Crippen LogP contribution is 2.20. The third kappa shape index (κ3) is 3.25. The highest BCUT2D eigenvalue weighted by atomic mass is 19.1. The van der Waals surface area contributed by atoms with Crippen LogP contribution in [0.5, 0.6) is 0 Å². The Morgan fingerprint density at radius 3 is 2.67 bits per heavy atom. The predicted octanol–water partition coefficient (Wildman–Crippen LogP) is 0.242. The molecule has 0 saturated heterocycles. The molecule has 5 nitrogen and oxygen atoms in total. The van der Waals surface area contributed by atoms with Crippen molar-refractivity contribution < 1.29 is 24.1 Å². The Morgan fingerprint density at radius 2 is 2.17 bits per heavy atom.